The number of carbonyl (C=O) groups is 2. The lowest BCUT2D eigenvalue weighted by Gasteiger charge is -2.36. The van der Waals surface area contributed by atoms with Crippen LogP contribution in [0.15, 0.2) is 66.9 Å². The smallest absolute Gasteiger partial charge is 0.255 e. The molecule has 2 aliphatic heterocycles. The number of likely N-dealkylation sites (tertiary alicyclic amines) is 1. The second-order valence-electron chi connectivity index (χ2n) is 11.6. The van der Waals surface area contributed by atoms with Gasteiger partial charge in [0, 0.05) is 51.0 Å². The van der Waals surface area contributed by atoms with Gasteiger partial charge in [-0.2, -0.15) is 5.26 Å². The molecule has 3 heterocycles. The van der Waals surface area contributed by atoms with Gasteiger partial charge in [0.25, 0.3) is 5.91 Å². The number of nitrogens with zero attached hydrogens (tertiary/aromatic N) is 5. The van der Waals surface area contributed by atoms with E-state index in [1.165, 1.54) is 16.8 Å². The highest BCUT2D eigenvalue weighted by Gasteiger charge is 2.25. The Morgan fingerprint density at radius 2 is 1.59 bits per heavy atom. The first-order valence-electron chi connectivity index (χ1n) is 14.7. The van der Waals surface area contributed by atoms with E-state index < -0.39 is 0 Å². The van der Waals surface area contributed by atoms with Crippen LogP contribution < -0.4 is 4.90 Å². The lowest BCUT2D eigenvalue weighted by Crippen LogP contribution is -2.48. The zero-order valence-corrected chi connectivity index (χ0v) is 24.1. The first kappa shape index (κ1) is 28.5. The molecule has 1 amide bonds. The first-order valence-corrected chi connectivity index (χ1v) is 14.7. The summed E-state index contributed by atoms with van der Waals surface area (Å²) in [5.41, 5.74) is 5.39. The number of hydrogen-bond acceptors (Lipinski definition) is 6. The number of anilines is 1. The summed E-state index contributed by atoms with van der Waals surface area (Å²) in [6, 6.07) is 22.1. The van der Waals surface area contributed by atoms with E-state index >= 15 is 0 Å². The molecule has 2 fully saturated rings. The number of piperazine rings is 1. The average molecular weight is 550 g/mol. The van der Waals surface area contributed by atoms with Gasteiger partial charge in [0.05, 0.1) is 17.2 Å². The molecule has 41 heavy (non-hydrogen) atoms. The van der Waals surface area contributed by atoms with E-state index in [1.807, 2.05) is 29.2 Å². The van der Waals surface area contributed by atoms with E-state index in [1.54, 1.807) is 18.3 Å². The molecule has 0 N–H and O–H groups in total. The fourth-order valence-corrected chi connectivity index (χ4v) is 5.76. The first-order chi connectivity index (χ1) is 19.9. The predicted octanol–water partition coefficient (Wildman–Crippen LogP) is 5.52. The maximum Gasteiger partial charge on any atom is 0.255 e. The topological polar surface area (TPSA) is 80.5 Å². The van der Waals surface area contributed by atoms with Crippen LogP contribution in [-0.2, 0) is 6.54 Å². The van der Waals surface area contributed by atoms with Crippen LogP contribution in [0, 0.1) is 17.2 Å². The van der Waals surface area contributed by atoms with Gasteiger partial charge < -0.3 is 9.80 Å². The molecular weight excluding hydrogens is 510 g/mol. The number of nitriles is 1. The Morgan fingerprint density at radius 3 is 2.17 bits per heavy atom. The number of rotatable bonds is 8. The summed E-state index contributed by atoms with van der Waals surface area (Å²) in [6.45, 7) is 10.1. The fraction of sp³-hybridized carbons (Fsp3) is 0.412. The molecule has 0 unspecified atom stereocenters. The third-order valence-electron chi connectivity index (χ3n) is 8.46. The molecule has 7 nitrogen and oxygen atoms in total. The van der Waals surface area contributed by atoms with Crippen molar-refractivity contribution >= 4 is 17.4 Å². The highest BCUT2D eigenvalue weighted by atomic mass is 16.2. The number of pyridine rings is 1. The van der Waals surface area contributed by atoms with E-state index in [0.717, 1.165) is 45.6 Å². The molecule has 212 valence electrons. The van der Waals surface area contributed by atoms with Crippen molar-refractivity contribution in [2.75, 3.05) is 44.2 Å². The number of hydrogen-bond donors (Lipinski definition) is 0. The Kier molecular flexibility index (Phi) is 9.11. The fourth-order valence-electron chi connectivity index (χ4n) is 5.76. The van der Waals surface area contributed by atoms with Gasteiger partial charge in [0.1, 0.15) is 5.69 Å². The molecular formula is C34H39N5O2. The number of amides is 1. The SMILES string of the molecule is CC(C)c1ccc(N2CCN(C(=O)c3ccc(C(=O)CC4CCN(Cc5ccc(C#N)cc5)CC4)nc3)CC2)cc1. The van der Waals surface area contributed by atoms with Crippen LogP contribution in [0.2, 0.25) is 0 Å². The highest BCUT2D eigenvalue weighted by molar-refractivity contribution is 5.97. The van der Waals surface area contributed by atoms with Crippen molar-refractivity contribution in [3.05, 3.63) is 94.8 Å². The molecule has 0 radical (unpaired) electrons. The van der Waals surface area contributed by atoms with Gasteiger partial charge in [-0.25, -0.2) is 0 Å². The van der Waals surface area contributed by atoms with Gasteiger partial charge in [0.15, 0.2) is 5.78 Å². The molecule has 7 heteroatoms. The highest BCUT2D eigenvalue weighted by Crippen LogP contribution is 2.24. The summed E-state index contributed by atoms with van der Waals surface area (Å²) in [6.07, 6.45) is 4.01. The molecule has 2 aromatic carbocycles. The minimum atomic E-state index is -0.0269. The van der Waals surface area contributed by atoms with Crippen molar-refractivity contribution in [1.29, 1.82) is 5.26 Å². The number of benzene rings is 2. The predicted molar refractivity (Wildman–Crippen MR) is 161 cm³/mol. The van der Waals surface area contributed by atoms with E-state index in [0.29, 0.717) is 48.2 Å². The maximum absolute atomic E-state index is 13.1. The third-order valence-corrected chi connectivity index (χ3v) is 8.46. The Bertz CT molecular complexity index is 1360. The van der Waals surface area contributed by atoms with E-state index in [4.69, 9.17) is 5.26 Å². The zero-order valence-electron chi connectivity index (χ0n) is 24.1. The Labute approximate surface area is 243 Å². The molecule has 2 aliphatic rings. The standard InChI is InChI=1S/C34H39N5O2/c1-25(2)29-7-10-31(11-8-29)38-17-19-39(20-18-38)34(41)30-9-12-32(36-23-30)33(40)21-26-13-15-37(16-14-26)24-28-5-3-27(22-35)4-6-28/h3-12,23,25-26H,13-21,24H2,1-2H3. The maximum atomic E-state index is 13.1. The monoisotopic (exact) mass is 549 g/mol. The van der Waals surface area contributed by atoms with Crippen LogP contribution in [0.4, 0.5) is 5.69 Å². The summed E-state index contributed by atoms with van der Waals surface area (Å²) in [7, 11) is 0. The lowest BCUT2D eigenvalue weighted by molar-refractivity contribution is 0.0745. The summed E-state index contributed by atoms with van der Waals surface area (Å²) in [5, 5.41) is 8.97. The second kappa shape index (κ2) is 13.1. The lowest BCUT2D eigenvalue weighted by atomic mass is 9.90. The summed E-state index contributed by atoms with van der Waals surface area (Å²) in [4.78, 5) is 37.1. The molecule has 5 rings (SSSR count). The van der Waals surface area contributed by atoms with Gasteiger partial charge in [-0.3, -0.25) is 19.5 Å². The minimum Gasteiger partial charge on any atom is -0.368 e. The van der Waals surface area contributed by atoms with Gasteiger partial charge in [0.2, 0.25) is 0 Å². The molecule has 0 aliphatic carbocycles. The number of piperidine rings is 1. The minimum absolute atomic E-state index is 0.0269. The van der Waals surface area contributed by atoms with Crippen molar-refractivity contribution in [1.82, 2.24) is 14.8 Å². The van der Waals surface area contributed by atoms with Crippen molar-refractivity contribution in [3.8, 4) is 6.07 Å². The number of Topliss-reactive ketones (excluding diaryl/α,β-unsaturated/α-hetero) is 1. The van der Waals surface area contributed by atoms with E-state index in [9.17, 15) is 9.59 Å². The molecule has 0 saturated carbocycles. The Hall–Kier alpha value is -4.02. The third kappa shape index (κ3) is 7.20. The molecule has 0 atom stereocenters. The molecule has 3 aromatic rings. The largest absolute Gasteiger partial charge is 0.368 e. The van der Waals surface area contributed by atoms with Crippen LogP contribution in [0.1, 0.15) is 76.6 Å². The summed E-state index contributed by atoms with van der Waals surface area (Å²) >= 11 is 0. The van der Waals surface area contributed by atoms with Crippen molar-refractivity contribution in [2.45, 2.75) is 45.6 Å². The number of ketones is 1. The summed E-state index contributed by atoms with van der Waals surface area (Å²) < 4.78 is 0. The van der Waals surface area contributed by atoms with Crippen LogP contribution in [0.3, 0.4) is 0 Å². The zero-order chi connectivity index (χ0) is 28.8. The second-order valence-corrected chi connectivity index (χ2v) is 11.6. The van der Waals surface area contributed by atoms with Crippen LogP contribution in [-0.4, -0.2) is 65.7 Å². The van der Waals surface area contributed by atoms with Crippen LogP contribution in [0.25, 0.3) is 0 Å². The van der Waals surface area contributed by atoms with E-state index in [-0.39, 0.29) is 11.7 Å². The van der Waals surface area contributed by atoms with E-state index in [2.05, 4.69) is 59.0 Å². The van der Waals surface area contributed by atoms with Crippen molar-refractivity contribution < 1.29 is 9.59 Å². The van der Waals surface area contributed by atoms with Gasteiger partial charge in [-0.15, -0.1) is 0 Å². The van der Waals surface area contributed by atoms with Gasteiger partial charge >= 0.3 is 0 Å². The van der Waals surface area contributed by atoms with Crippen molar-refractivity contribution in [3.63, 3.8) is 0 Å². The molecule has 2 saturated heterocycles. The normalized spacial score (nSPS) is 16.5. The molecule has 1 aromatic heterocycles. The summed E-state index contributed by atoms with van der Waals surface area (Å²) in [5.74, 6) is 0.882. The molecule has 0 bridgehead atoms. The molecule has 0 spiro atoms. The quantitative estimate of drug-likeness (QED) is 0.344. The van der Waals surface area contributed by atoms with Gasteiger partial charge in [-0.05, 0) is 85.3 Å². The average Bonchev–Trinajstić information content (AvgIpc) is 3.02. The van der Waals surface area contributed by atoms with Crippen LogP contribution >= 0.6 is 0 Å². The van der Waals surface area contributed by atoms with Crippen molar-refractivity contribution in [2.24, 2.45) is 5.92 Å². The number of carbonyl (C=O) groups excluding carboxylic acids is 2. The Morgan fingerprint density at radius 1 is 0.902 bits per heavy atom. The Balaban J connectivity index is 1.07. The number of aromatic nitrogens is 1. The van der Waals surface area contributed by atoms with Crippen LogP contribution in [0.5, 0.6) is 0 Å². The van der Waals surface area contributed by atoms with Gasteiger partial charge in [-0.1, -0.05) is 38.1 Å².